The highest BCUT2D eigenvalue weighted by Crippen LogP contribution is 2.29. The van der Waals surface area contributed by atoms with Crippen molar-refractivity contribution in [1.29, 1.82) is 0 Å². The number of benzene rings is 1. The Hall–Kier alpha value is -0.230. The number of hydrogen-bond acceptors (Lipinski definition) is 4. The van der Waals surface area contributed by atoms with Crippen molar-refractivity contribution in [2.24, 2.45) is 0 Å². The number of anilines is 1. The predicted molar refractivity (Wildman–Crippen MR) is 76.4 cm³/mol. The van der Waals surface area contributed by atoms with E-state index < -0.39 is 6.10 Å². The van der Waals surface area contributed by atoms with Crippen LogP contribution in [0.4, 0.5) is 5.69 Å². The zero-order valence-corrected chi connectivity index (χ0v) is 12.4. The molecule has 5 heteroatoms. The normalized spacial score (nSPS) is 13.0. The molecule has 3 nitrogen and oxygen atoms in total. The summed E-state index contributed by atoms with van der Waals surface area (Å²) in [5.74, 6) is 0.606. The van der Waals surface area contributed by atoms with Crippen molar-refractivity contribution in [3.8, 4) is 0 Å². The molecule has 0 saturated heterocycles. The summed E-state index contributed by atoms with van der Waals surface area (Å²) in [6, 6.07) is 5.66. The largest absolute Gasteiger partial charge is 0.399 e. The summed E-state index contributed by atoms with van der Waals surface area (Å²) in [6.07, 6.45) is -0.301. The molecule has 0 saturated carbocycles. The second-order valence-corrected chi connectivity index (χ2v) is 5.95. The van der Waals surface area contributed by atoms with Gasteiger partial charge in [0.15, 0.2) is 0 Å². The van der Waals surface area contributed by atoms with Gasteiger partial charge in [-0.3, -0.25) is 0 Å². The van der Waals surface area contributed by atoms with Gasteiger partial charge in [0.05, 0.1) is 18.8 Å². The fraction of sp³-hybridized carbons (Fsp3) is 0.500. The van der Waals surface area contributed by atoms with E-state index in [2.05, 4.69) is 15.9 Å². The standard InChI is InChI=1S/C12H18BrNO2S/c1-8(2)16-6-10(15)7-17-12-4-3-9(14)5-11(12)13/h3-5,8,10,15H,6-7,14H2,1-2H3. The molecule has 0 fully saturated rings. The number of hydrogen-bond donors (Lipinski definition) is 2. The van der Waals surface area contributed by atoms with Gasteiger partial charge in [-0.15, -0.1) is 11.8 Å². The van der Waals surface area contributed by atoms with Crippen LogP contribution in [-0.4, -0.2) is 29.7 Å². The summed E-state index contributed by atoms with van der Waals surface area (Å²) >= 11 is 5.03. The minimum absolute atomic E-state index is 0.151. The molecule has 0 amide bonds. The third-order valence-corrected chi connectivity index (χ3v) is 4.15. The lowest BCUT2D eigenvalue weighted by atomic mass is 10.3. The highest BCUT2D eigenvalue weighted by molar-refractivity contribution is 9.10. The van der Waals surface area contributed by atoms with Crippen LogP contribution in [0.25, 0.3) is 0 Å². The number of aliphatic hydroxyl groups excluding tert-OH is 1. The molecular formula is C12H18BrNO2S. The first-order chi connectivity index (χ1) is 7.99. The molecule has 1 aromatic carbocycles. The van der Waals surface area contributed by atoms with E-state index in [4.69, 9.17) is 10.5 Å². The Morgan fingerprint density at radius 2 is 2.18 bits per heavy atom. The first-order valence-electron chi connectivity index (χ1n) is 5.46. The van der Waals surface area contributed by atoms with Crippen molar-refractivity contribution in [2.45, 2.75) is 31.0 Å². The molecule has 0 aliphatic heterocycles. The van der Waals surface area contributed by atoms with Crippen molar-refractivity contribution in [3.05, 3.63) is 22.7 Å². The Labute approximate surface area is 115 Å². The average molecular weight is 320 g/mol. The Bertz CT molecular complexity index is 360. The van der Waals surface area contributed by atoms with Crippen LogP contribution in [0.3, 0.4) is 0 Å². The molecule has 1 aromatic rings. The van der Waals surface area contributed by atoms with Gasteiger partial charge in [0.25, 0.3) is 0 Å². The highest BCUT2D eigenvalue weighted by atomic mass is 79.9. The number of ether oxygens (including phenoxy) is 1. The maximum atomic E-state index is 9.72. The van der Waals surface area contributed by atoms with Crippen LogP contribution < -0.4 is 5.73 Å². The van der Waals surface area contributed by atoms with Gasteiger partial charge < -0.3 is 15.6 Å². The number of rotatable bonds is 6. The van der Waals surface area contributed by atoms with E-state index in [0.717, 1.165) is 15.1 Å². The van der Waals surface area contributed by atoms with Gasteiger partial charge in [0.1, 0.15) is 0 Å². The number of aliphatic hydroxyl groups is 1. The summed E-state index contributed by atoms with van der Waals surface area (Å²) in [4.78, 5) is 1.07. The highest BCUT2D eigenvalue weighted by Gasteiger charge is 2.08. The van der Waals surface area contributed by atoms with Gasteiger partial charge in [0.2, 0.25) is 0 Å². The number of nitrogens with two attached hydrogens (primary N) is 1. The molecule has 0 bridgehead atoms. The zero-order valence-electron chi connectivity index (χ0n) is 10.0. The van der Waals surface area contributed by atoms with E-state index in [1.165, 1.54) is 0 Å². The summed E-state index contributed by atoms with van der Waals surface area (Å²) < 4.78 is 6.30. The van der Waals surface area contributed by atoms with Crippen molar-refractivity contribution in [1.82, 2.24) is 0 Å². The van der Waals surface area contributed by atoms with E-state index in [1.807, 2.05) is 32.0 Å². The van der Waals surface area contributed by atoms with Crippen molar-refractivity contribution in [3.63, 3.8) is 0 Å². The zero-order chi connectivity index (χ0) is 12.8. The van der Waals surface area contributed by atoms with Crippen LogP contribution in [0.5, 0.6) is 0 Å². The molecule has 3 N–H and O–H groups in total. The van der Waals surface area contributed by atoms with Crippen LogP contribution >= 0.6 is 27.7 Å². The fourth-order valence-corrected chi connectivity index (χ4v) is 2.74. The van der Waals surface area contributed by atoms with Crippen LogP contribution in [0.2, 0.25) is 0 Å². The smallest absolute Gasteiger partial charge is 0.0867 e. The van der Waals surface area contributed by atoms with Gasteiger partial charge in [-0.2, -0.15) is 0 Å². The van der Waals surface area contributed by atoms with Gasteiger partial charge in [-0.1, -0.05) is 0 Å². The summed E-state index contributed by atoms with van der Waals surface area (Å²) in [5.41, 5.74) is 6.38. The monoisotopic (exact) mass is 319 g/mol. The number of halogens is 1. The first kappa shape index (κ1) is 14.8. The third kappa shape index (κ3) is 5.77. The van der Waals surface area contributed by atoms with Crippen molar-refractivity contribution >= 4 is 33.4 Å². The lowest BCUT2D eigenvalue weighted by molar-refractivity contribution is 0.0152. The van der Waals surface area contributed by atoms with E-state index in [-0.39, 0.29) is 6.10 Å². The molecule has 0 aliphatic carbocycles. The first-order valence-corrected chi connectivity index (χ1v) is 7.24. The van der Waals surface area contributed by atoms with Gasteiger partial charge in [-0.25, -0.2) is 0 Å². The van der Waals surface area contributed by atoms with E-state index in [1.54, 1.807) is 11.8 Å². The summed E-state index contributed by atoms with van der Waals surface area (Å²) in [7, 11) is 0. The molecular weight excluding hydrogens is 302 g/mol. The van der Waals surface area contributed by atoms with Gasteiger partial charge >= 0.3 is 0 Å². The van der Waals surface area contributed by atoms with Crippen LogP contribution in [-0.2, 0) is 4.74 Å². The molecule has 0 heterocycles. The molecule has 1 atom stereocenters. The molecule has 1 rings (SSSR count). The van der Waals surface area contributed by atoms with Crippen molar-refractivity contribution in [2.75, 3.05) is 18.1 Å². The van der Waals surface area contributed by atoms with Gasteiger partial charge in [0, 0.05) is 20.8 Å². The molecule has 0 aliphatic rings. The second-order valence-electron chi connectivity index (χ2n) is 4.04. The fourth-order valence-electron chi connectivity index (χ4n) is 1.17. The Kier molecular flexibility index (Phi) is 6.33. The van der Waals surface area contributed by atoms with E-state index in [0.29, 0.717) is 12.4 Å². The summed E-state index contributed by atoms with van der Waals surface area (Å²) in [5, 5.41) is 9.72. The third-order valence-electron chi connectivity index (χ3n) is 2.01. The Morgan fingerprint density at radius 1 is 1.47 bits per heavy atom. The molecule has 0 aromatic heterocycles. The van der Waals surface area contributed by atoms with Crippen molar-refractivity contribution < 1.29 is 9.84 Å². The second kappa shape index (κ2) is 7.26. The minimum atomic E-state index is -0.452. The average Bonchev–Trinajstić information content (AvgIpc) is 2.25. The lowest BCUT2D eigenvalue weighted by Gasteiger charge is -2.13. The Balaban J connectivity index is 2.39. The van der Waals surface area contributed by atoms with Crippen LogP contribution in [0, 0.1) is 0 Å². The maximum Gasteiger partial charge on any atom is 0.0867 e. The van der Waals surface area contributed by atoms with Crippen LogP contribution in [0.1, 0.15) is 13.8 Å². The maximum absolute atomic E-state index is 9.72. The topological polar surface area (TPSA) is 55.5 Å². The molecule has 17 heavy (non-hydrogen) atoms. The van der Waals surface area contributed by atoms with Gasteiger partial charge in [-0.05, 0) is 48.0 Å². The van der Waals surface area contributed by atoms with E-state index in [9.17, 15) is 5.11 Å². The lowest BCUT2D eigenvalue weighted by Crippen LogP contribution is -2.20. The van der Waals surface area contributed by atoms with Crippen LogP contribution in [0.15, 0.2) is 27.6 Å². The SMILES string of the molecule is CC(C)OCC(O)CSc1ccc(N)cc1Br. The Morgan fingerprint density at radius 3 is 2.76 bits per heavy atom. The molecule has 1 unspecified atom stereocenters. The molecule has 96 valence electrons. The molecule has 0 spiro atoms. The predicted octanol–water partition coefficient (Wildman–Crippen LogP) is 2.91. The minimum Gasteiger partial charge on any atom is -0.399 e. The quantitative estimate of drug-likeness (QED) is 0.625. The number of thioether (sulfide) groups is 1. The number of nitrogen functional groups attached to an aromatic ring is 1. The molecule has 0 radical (unpaired) electrons. The summed E-state index contributed by atoms with van der Waals surface area (Å²) in [6.45, 7) is 4.28. The van der Waals surface area contributed by atoms with E-state index >= 15 is 0 Å².